The molecular formula is C23H18N2O6S. The molecule has 1 atom stereocenters. The smallest absolute Gasteiger partial charge is 0.295 e. The van der Waals surface area contributed by atoms with Crippen molar-refractivity contribution < 1.29 is 24.4 Å². The fraction of sp³-hybridized carbons (Fsp3) is 0.130. The molecule has 1 aliphatic heterocycles. The molecule has 8 nitrogen and oxygen atoms in total. The van der Waals surface area contributed by atoms with Crippen LogP contribution >= 0.6 is 11.3 Å². The maximum Gasteiger partial charge on any atom is 0.295 e. The number of hydrogen-bond acceptors (Lipinski definition) is 7. The van der Waals surface area contributed by atoms with Crippen LogP contribution in [0.4, 0.5) is 5.69 Å². The van der Waals surface area contributed by atoms with Crippen molar-refractivity contribution in [1.29, 1.82) is 0 Å². The predicted octanol–water partition coefficient (Wildman–Crippen LogP) is 4.29. The zero-order valence-corrected chi connectivity index (χ0v) is 17.7. The zero-order valence-electron chi connectivity index (χ0n) is 16.9. The Kier molecular flexibility index (Phi) is 5.74. The SMILES string of the molecule is COc1ccc(CN2C(=O)C(=O)/C(=C(\O)c3ccc([N+](=O)[O-])cc3)C2c2cccs2)cc1. The summed E-state index contributed by atoms with van der Waals surface area (Å²) >= 11 is 1.37. The van der Waals surface area contributed by atoms with Crippen molar-refractivity contribution >= 4 is 34.5 Å². The van der Waals surface area contributed by atoms with Crippen molar-refractivity contribution in [2.24, 2.45) is 0 Å². The van der Waals surface area contributed by atoms with Crippen molar-refractivity contribution in [2.75, 3.05) is 7.11 Å². The third-order valence-corrected chi connectivity index (χ3v) is 6.14. The average Bonchev–Trinajstić information content (AvgIpc) is 3.42. The number of carbonyl (C=O) groups excluding carboxylic acids is 2. The third-order valence-electron chi connectivity index (χ3n) is 5.22. The highest BCUT2D eigenvalue weighted by atomic mass is 32.1. The largest absolute Gasteiger partial charge is 0.507 e. The highest BCUT2D eigenvalue weighted by Gasteiger charge is 2.46. The molecule has 2 aromatic carbocycles. The molecular weight excluding hydrogens is 432 g/mol. The van der Waals surface area contributed by atoms with Crippen LogP contribution < -0.4 is 4.74 Å². The van der Waals surface area contributed by atoms with Gasteiger partial charge in [0.25, 0.3) is 17.4 Å². The molecule has 1 aliphatic rings. The topological polar surface area (TPSA) is 110 Å². The summed E-state index contributed by atoms with van der Waals surface area (Å²) in [7, 11) is 1.56. The summed E-state index contributed by atoms with van der Waals surface area (Å²) in [5.74, 6) is -1.21. The number of thiophene rings is 1. The highest BCUT2D eigenvalue weighted by Crippen LogP contribution is 2.42. The van der Waals surface area contributed by atoms with Crippen LogP contribution in [0.2, 0.25) is 0 Å². The van der Waals surface area contributed by atoms with E-state index in [9.17, 15) is 24.8 Å². The van der Waals surface area contributed by atoms with E-state index in [2.05, 4.69) is 0 Å². The first-order valence-electron chi connectivity index (χ1n) is 9.60. The molecule has 9 heteroatoms. The van der Waals surface area contributed by atoms with E-state index in [1.165, 1.54) is 40.5 Å². The number of amides is 1. The quantitative estimate of drug-likeness (QED) is 0.197. The van der Waals surface area contributed by atoms with E-state index < -0.39 is 22.7 Å². The van der Waals surface area contributed by atoms with Gasteiger partial charge in [0.1, 0.15) is 11.5 Å². The van der Waals surface area contributed by atoms with Crippen LogP contribution in [0.5, 0.6) is 5.75 Å². The molecule has 2 heterocycles. The van der Waals surface area contributed by atoms with Crippen molar-refractivity contribution in [3.05, 3.63) is 97.7 Å². The van der Waals surface area contributed by atoms with Gasteiger partial charge in [0, 0.05) is 29.1 Å². The summed E-state index contributed by atoms with van der Waals surface area (Å²) in [6.45, 7) is 0.161. The minimum atomic E-state index is -0.798. The Morgan fingerprint density at radius 3 is 2.38 bits per heavy atom. The molecule has 1 saturated heterocycles. The maximum atomic E-state index is 13.0. The number of methoxy groups -OCH3 is 1. The number of Topliss-reactive ketones (excluding diaryl/α,β-unsaturated/α-hetero) is 1. The minimum absolute atomic E-state index is 0.0418. The molecule has 32 heavy (non-hydrogen) atoms. The lowest BCUT2D eigenvalue weighted by Crippen LogP contribution is -2.28. The van der Waals surface area contributed by atoms with Gasteiger partial charge in [-0.1, -0.05) is 18.2 Å². The molecule has 1 aromatic heterocycles. The molecule has 0 saturated carbocycles. The van der Waals surface area contributed by atoms with Gasteiger partial charge in [-0.15, -0.1) is 11.3 Å². The Bertz CT molecular complexity index is 1200. The summed E-state index contributed by atoms with van der Waals surface area (Å²) in [4.78, 5) is 38.4. The molecule has 4 rings (SSSR count). The van der Waals surface area contributed by atoms with Gasteiger partial charge in [-0.25, -0.2) is 0 Å². The van der Waals surface area contributed by atoms with Crippen LogP contribution in [0, 0.1) is 10.1 Å². The van der Waals surface area contributed by atoms with Gasteiger partial charge in [-0.3, -0.25) is 19.7 Å². The van der Waals surface area contributed by atoms with E-state index >= 15 is 0 Å². The molecule has 3 aromatic rings. The van der Waals surface area contributed by atoms with E-state index in [4.69, 9.17) is 4.74 Å². The number of nitro benzene ring substituents is 1. The maximum absolute atomic E-state index is 13.0. The number of aliphatic hydroxyl groups is 1. The molecule has 0 spiro atoms. The fourth-order valence-corrected chi connectivity index (χ4v) is 4.46. The summed E-state index contributed by atoms with van der Waals surface area (Å²) in [5, 5.41) is 23.7. The first-order valence-corrected chi connectivity index (χ1v) is 10.5. The van der Waals surface area contributed by atoms with Gasteiger partial charge in [-0.2, -0.15) is 0 Å². The number of likely N-dealkylation sites (tertiary alicyclic amines) is 1. The van der Waals surface area contributed by atoms with Gasteiger partial charge >= 0.3 is 0 Å². The molecule has 1 unspecified atom stereocenters. The number of nitrogens with zero attached hydrogens (tertiary/aromatic N) is 2. The second kappa shape index (κ2) is 8.64. The van der Waals surface area contributed by atoms with E-state index in [-0.39, 0.29) is 29.1 Å². The molecule has 1 N–H and O–H groups in total. The molecule has 0 bridgehead atoms. The van der Waals surface area contributed by atoms with Crippen molar-refractivity contribution in [1.82, 2.24) is 4.90 Å². The summed E-state index contributed by atoms with van der Waals surface area (Å²) in [5.41, 5.74) is 0.834. The number of carbonyl (C=O) groups is 2. The zero-order chi connectivity index (χ0) is 22.8. The number of aliphatic hydroxyl groups excluding tert-OH is 1. The lowest BCUT2D eigenvalue weighted by atomic mass is 9.99. The second-order valence-corrected chi connectivity index (χ2v) is 8.07. The molecule has 1 fully saturated rings. The van der Waals surface area contributed by atoms with Gasteiger partial charge < -0.3 is 14.7 Å². The van der Waals surface area contributed by atoms with Crippen LogP contribution in [-0.4, -0.2) is 33.7 Å². The van der Waals surface area contributed by atoms with E-state index in [0.717, 1.165) is 10.4 Å². The second-order valence-electron chi connectivity index (χ2n) is 7.09. The van der Waals surface area contributed by atoms with E-state index in [0.29, 0.717) is 5.75 Å². The van der Waals surface area contributed by atoms with Crippen LogP contribution in [0.1, 0.15) is 22.0 Å². The van der Waals surface area contributed by atoms with Gasteiger partial charge in [0.05, 0.1) is 23.6 Å². The number of ketones is 1. The Balaban J connectivity index is 1.77. The van der Waals surface area contributed by atoms with Crippen molar-refractivity contribution in [3.8, 4) is 5.75 Å². The molecule has 0 radical (unpaired) electrons. The summed E-state index contributed by atoms with van der Waals surface area (Å²) < 4.78 is 5.16. The van der Waals surface area contributed by atoms with Gasteiger partial charge in [0.15, 0.2) is 0 Å². The first-order chi connectivity index (χ1) is 15.4. The molecule has 0 aliphatic carbocycles. The van der Waals surface area contributed by atoms with Gasteiger partial charge in [-0.05, 0) is 41.3 Å². The number of non-ortho nitro benzene ring substituents is 1. The number of benzene rings is 2. The first kappa shape index (κ1) is 21.3. The summed E-state index contributed by atoms with van der Waals surface area (Å²) in [6.07, 6.45) is 0. The fourth-order valence-electron chi connectivity index (χ4n) is 3.61. The molecule has 162 valence electrons. The minimum Gasteiger partial charge on any atom is -0.507 e. The van der Waals surface area contributed by atoms with Crippen molar-refractivity contribution in [3.63, 3.8) is 0 Å². The number of nitro groups is 1. The predicted molar refractivity (Wildman–Crippen MR) is 118 cm³/mol. The van der Waals surface area contributed by atoms with E-state index in [1.807, 2.05) is 5.38 Å². The Labute approximate surface area is 187 Å². The highest BCUT2D eigenvalue weighted by molar-refractivity contribution is 7.10. The normalized spacial score (nSPS) is 17.5. The van der Waals surface area contributed by atoms with Crippen LogP contribution in [-0.2, 0) is 16.1 Å². The third kappa shape index (κ3) is 3.85. The Morgan fingerprint density at radius 1 is 1.12 bits per heavy atom. The lowest BCUT2D eigenvalue weighted by Gasteiger charge is -2.24. The lowest BCUT2D eigenvalue weighted by molar-refractivity contribution is -0.384. The summed E-state index contributed by atoms with van der Waals surface area (Å²) in [6, 6.07) is 15.2. The van der Waals surface area contributed by atoms with Crippen LogP contribution in [0.15, 0.2) is 71.6 Å². The number of rotatable bonds is 6. The Morgan fingerprint density at radius 2 is 1.81 bits per heavy atom. The average molecular weight is 450 g/mol. The van der Waals surface area contributed by atoms with Gasteiger partial charge in [0.2, 0.25) is 0 Å². The Hall–Kier alpha value is -3.98. The van der Waals surface area contributed by atoms with Crippen molar-refractivity contribution in [2.45, 2.75) is 12.6 Å². The number of hydrogen-bond donors (Lipinski definition) is 1. The van der Waals surface area contributed by atoms with E-state index in [1.54, 1.807) is 43.5 Å². The number of ether oxygens (including phenoxy) is 1. The standard InChI is InChI=1S/C23H18N2O6S/c1-31-17-10-4-14(5-11-17)13-24-20(18-3-2-12-32-18)19(22(27)23(24)28)21(26)15-6-8-16(9-7-15)25(29)30/h2-12,20,26H,13H2,1H3/b21-19-. The van der Waals surface area contributed by atoms with Crippen LogP contribution in [0.3, 0.4) is 0 Å². The van der Waals surface area contributed by atoms with Crippen LogP contribution in [0.25, 0.3) is 5.76 Å². The molecule has 1 amide bonds. The monoisotopic (exact) mass is 450 g/mol.